The lowest BCUT2D eigenvalue weighted by Crippen LogP contribution is -2.29. The number of carbonyl (C=O) groups excluding carboxylic acids is 2. The molecule has 10 heteroatoms. The lowest BCUT2D eigenvalue weighted by Gasteiger charge is -2.14. The van der Waals surface area contributed by atoms with Crippen LogP contribution >= 0.6 is 15.9 Å². The van der Waals surface area contributed by atoms with Gasteiger partial charge in [0.25, 0.3) is 5.91 Å². The van der Waals surface area contributed by atoms with Gasteiger partial charge in [-0.05, 0) is 51.8 Å². The molecule has 0 aromatic heterocycles. The standard InChI is InChI=1S/C26H22BrFN4O4/c1-35-23-13-17(12-21(27)25(23)36-16-19-7-3-2-6-18(19)14-29)15-31-32-24(33)10-11-30-26(34)20-8-4-5-9-22(20)28/h2-9,12-13,15H,10-11,16H2,1H3,(H,30,34)(H,32,33). The SMILES string of the molecule is COc1cc(C=NNC(=O)CCNC(=O)c2ccccc2F)cc(Br)c1OCc1ccccc1C#N. The molecule has 0 unspecified atom stereocenters. The van der Waals surface area contributed by atoms with E-state index < -0.39 is 17.6 Å². The second-order valence-electron chi connectivity index (χ2n) is 7.37. The first kappa shape index (κ1) is 26.4. The molecule has 2 N–H and O–H groups in total. The van der Waals surface area contributed by atoms with Crippen LogP contribution in [0.3, 0.4) is 0 Å². The molecule has 0 spiro atoms. The molecule has 36 heavy (non-hydrogen) atoms. The fraction of sp³-hybridized carbons (Fsp3) is 0.154. The number of methoxy groups -OCH3 is 1. The highest BCUT2D eigenvalue weighted by atomic mass is 79.9. The number of ether oxygens (including phenoxy) is 2. The summed E-state index contributed by atoms with van der Waals surface area (Å²) in [4.78, 5) is 24.0. The number of amides is 2. The van der Waals surface area contributed by atoms with E-state index in [9.17, 15) is 19.2 Å². The highest BCUT2D eigenvalue weighted by molar-refractivity contribution is 9.10. The van der Waals surface area contributed by atoms with Crippen LogP contribution in [0, 0.1) is 17.1 Å². The molecule has 2 amide bonds. The second kappa shape index (κ2) is 13.0. The third kappa shape index (κ3) is 7.13. The molecule has 0 fully saturated rings. The van der Waals surface area contributed by atoms with E-state index in [2.05, 4.69) is 37.8 Å². The zero-order chi connectivity index (χ0) is 25.9. The van der Waals surface area contributed by atoms with Crippen LogP contribution < -0.4 is 20.2 Å². The highest BCUT2D eigenvalue weighted by Crippen LogP contribution is 2.37. The highest BCUT2D eigenvalue weighted by Gasteiger charge is 2.13. The van der Waals surface area contributed by atoms with E-state index in [0.717, 1.165) is 5.56 Å². The fourth-order valence-corrected chi connectivity index (χ4v) is 3.70. The number of hydrogen-bond acceptors (Lipinski definition) is 6. The average molecular weight is 553 g/mol. The average Bonchev–Trinajstić information content (AvgIpc) is 2.88. The van der Waals surface area contributed by atoms with E-state index in [4.69, 9.17) is 9.47 Å². The van der Waals surface area contributed by atoms with Crippen molar-refractivity contribution >= 4 is 34.0 Å². The van der Waals surface area contributed by atoms with Crippen LogP contribution in [0.25, 0.3) is 0 Å². The van der Waals surface area contributed by atoms with Gasteiger partial charge in [-0.3, -0.25) is 9.59 Å². The first-order chi connectivity index (χ1) is 17.4. The lowest BCUT2D eigenvalue weighted by atomic mass is 10.1. The molecule has 3 aromatic carbocycles. The van der Waals surface area contributed by atoms with E-state index in [1.165, 1.54) is 31.5 Å². The Morgan fingerprint density at radius 2 is 1.92 bits per heavy atom. The van der Waals surface area contributed by atoms with E-state index >= 15 is 0 Å². The Labute approximate surface area is 215 Å². The van der Waals surface area contributed by atoms with Gasteiger partial charge >= 0.3 is 0 Å². The maximum atomic E-state index is 13.6. The van der Waals surface area contributed by atoms with Crippen molar-refractivity contribution in [1.29, 1.82) is 5.26 Å². The number of hydrazone groups is 1. The maximum absolute atomic E-state index is 13.6. The van der Waals surface area contributed by atoms with E-state index in [0.29, 0.717) is 27.1 Å². The van der Waals surface area contributed by atoms with Gasteiger partial charge in [0.05, 0.1) is 35.0 Å². The Bertz CT molecular complexity index is 1320. The molecule has 0 atom stereocenters. The van der Waals surface area contributed by atoms with E-state index in [1.54, 1.807) is 30.3 Å². The summed E-state index contributed by atoms with van der Waals surface area (Å²) in [7, 11) is 1.50. The maximum Gasteiger partial charge on any atom is 0.254 e. The van der Waals surface area contributed by atoms with Gasteiger partial charge < -0.3 is 14.8 Å². The predicted octanol–water partition coefficient (Wildman–Crippen LogP) is 4.32. The Balaban J connectivity index is 1.54. The molecule has 3 rings (SSSR count). The van der Waals surface area contributed by atoms with Crippen LogP contribution in [0.4, 0.5) is 4.39 Å². The summed E-state index contributed by atoms with van der Waals surface area (Å²) in [6, 6.07) is 18.3. The first-order valence-electron chi connectivity index (χ1n) is 10.8. The largest absolute Gasteiger partial charge is 0.493 e. The van der Waals surface area contributed by atoms with Crippen molar-refractivity contribution in [2.24, 2.45) is 5.10 Å². The Morgan fingerprint density at radius 3 is 2.67 bits per heavy atom. The zero-order valence-corrected chi connectivity index (χ0v) is 20.8. The summed E-state index contributed by atoms with van der Waals surface area (Å²) in [6.45, 7) is 0.199. The number of hydrogen-bond donors (Lipinski definition) is 2. The van der Waals surface area contributed by atoms with Crippen LogP contribution in [-0.2, 0) is 11.4 Å². The molecular weight excluding hydrogens is 531 g/mol. The van der Waals surface area contributed by atoms with Gasteiger partial charge in [-0.2, -0.15) is 10.4 Å². The molecule has 0 bridgehead atoms. The van der Waals surface area contributed by atoms with Crippen molar-refractivity contribution in [2.75, 3.05) is 13.7 Å². The summed E-state index contributed by atoms with van der Waals surface area (Å²) in [5.41, 5.74) is 4.18. The van der Waals surface area contributed by atoms with Gasteiger partial charge in [-0.25, -0.2) is 9.82 Å². The Kier molecular flexibility index (Phi) is 9.54. The third-order valence-electron chi connectivity index (χ3n) is 4.92. The normalized spacial score (nSPS) is 10.5. The summed E-state index contributed by atoms with van der Waals surface area (Å²) >= 11 is 3.45. The number of nitrogens with zero attached hydrogens (tertiary/aromatic N) is 2. The molecule has 8 nitrogen and oxygen atoms in total. The van der Waals surface area contributed by atoms with Gasteiger partial charge in [0.1, 0.15) is 12.4 Å². The number of nitriles is 1. The second-order valence-corrected chi connectivity index (χ2v) is 8.23. The molecule has 184 valence electrons. The summed E-state index contributed by atoms with van der Waals surface area (Å²) < 4.78 is 25.5. The summed E-state index contributed by atoms with van der Waals surface area (Å²) in [6.07, 6.45) is 1.39. The van der Waals surface area contributed by atoms with Crippen LogP contribution in [0.2, 0.25) is 0 Å². The molecule has 3 aromatic rings. The van der Waals surface area contributed by atoms with Crippen molar-refractivity contribution in [3.63, 3.8) is 0 Å². The lowest BCUT2D eigenvalue weighted by molar-refractivity contribution is -0.120. The summed E-state index contributed by atoms with van der Waals surface area (Å²) in [5, 5.41) is 15.7. The molecule has 0 saturated carbocycles. The molecule has 0 saturated heterocycles. The molecule has 0 heterocycles. The van der Waals surface area contributed by atoms with Crippen molar-refractivity contribution < 1.29 is 23.5 Å². The van der Waals surface area contributed by atoms with Gasteiger partial charge in [0.2, 0.25) is 5.91 Å². The van der Waals surface area contributed by atoms with Crippen LogP contribution in [0.5, 0.6) is 11.5 Å². The van der Waals surface area contributed by atoms with Crippen LogP contribution in [0.1, 0.15) is 33.5 Å². The molecule has 0 aliphatic heterocycles. The van der Waals surface area contributed by atoms with E-state index in [1.807, 2.05) is 12.1 Å². The quantitative estimate of drug-likeness (QED) is 0.287. The van der Waals surface area contributed by atoms with Crippen molar-refractivity contribution in [2.45, 2.75) is 13.0 Å². The number of halogens is 2. The Morgan fingerprint density at radius 1 is 1.17 bits per heavy atom. The molecule has 0 aliphatic carbocycles. The van der Waals surface area contributed by atoms with Gasteiger partial charge in [0, 0.05) is 18.5 Å². The van der Waals surface area contributed by atoms with Crippen molar-refractivity contribution in [3.8, 4) is 17.6 Å². The fourth-order valence-electron chi connectivity index (χ4n) is 3.12. The smallest absolute Gasteiger partial charge is 0.254 e. The van der Waals surface area contributed by atoms with Crippen LogP contribution in [-0.4, -0.2) is 31.7 Å². The number of benzene rings is 3. The minimum absolute atomic E-state index is 0.0227. The van der Waals surface area contributed by atoms with Gasteiger partial charge in [-0.15, -0.1) is 0 Å². The number of nitrogens with one attached hydrogen (secondary N) is 2. The molecule has 0 aliphatic rings. The van der Waals surface area contributed by atoms with Gasteiger partial charge in [-0.1, -0.05) is 30.3 Å². The predicted molar refractivity (Wildman–Crippen MR) is 135 cm³/mol. The van der Waals surface area contributed by atoms with Crippen LogP contribution in [0.15, 0.2) is 70.2 Å². The van der Waals surface area contributed by atoms with Crippen molar-refractivity contribution in [1.82, 2.24) is 10.7 Å². The third-order valence-corrected chi connectivity index (χ3v) is 5.51. The zero-order valence-electron chi connectivity index (χ0n) is 19.3. The Hall–Kier alpha value is -4.23. The molecular formula is C26H22BrFN4O4. The monoisotopic (exact) mass is 552 g/mol. The summed E-state index contributed by atoms with van der Waals surface area (Å²) in [5.74, 6) is -0.768. The first-order valence-corrected chi connectivity index (χ1v) is 11.5. The minimum Gasteiger partial charge on any atom is -0.493 e. The minimum atomic E-state index is -0.631. The number of rotatable bonds is 10. The topological polar surface area (TPSA) is 113 Å². The van der Waals surface area contributed by atoms with Gasteiger partial charge in [0.15, 0.2) is 11.5 Å². The number of carbonyl (C=O) groups is 2. The van der Waals surface area contributed by atoms with E-state index in [-0.39, 0.29) is 25.1 Å². The molecule has 0 radical (unpaired) electrons. The van der Waals surface area contributed by atoms with Crippen molar-refractivity contribution in [3.05, 3.63) is 93.2 Å².